The highest BCUT2D eigenvalue weighted by molar-refractivity contribution is 5.78. The molecule has 0 aliphatic heterocycles. The van der Waals surface area contributed by atoms with Crippen LogP contribution in [0.1, 0.15) is 29.0 Å². The highest BCUT2D eigenvalue weighted by Gasteiger charge is 2.26. The number of aromatic nitrogens is 1. The second kappa shape index (κ2) is 7.13. The van der Waals surface area contributed by atoms with Crippen LogP contribution < -0.4 is 5.32 Å². The number of hydrogen-bond acceptors (Lipinski definition) is 4. The third kappa shape index (κ3) is 4.00. The van der Waals surface area contributed by atoms with Gasteiger partial charge >= 0.3 is 0 Å². The first-order valence-corrected chi connectivity index (χ1v) is 8.16. The van der Waals surface area contributed by atoms with Crippen LogP contribution in [-0.2, 0) is 30.6 Å². The number of halogens is 1. The molecule has 0 saturated carbocycles. The molecule has 1 heterocycles. The minimum atomic E-state index is -0.292. The van der Waals surface area contributed by atoms with Crippen molar-refractivity contribution in [2.75, 3.05) is 14.1 Å². The Morgan fingerprint density at radius 1 is 1.38 bits per heavy atom. The summed E-state index contributed by atoms with van der Waals surface area (Å²) < 4.78 is 18.3. The van der Waals surface area contributed by atoms with Crippen LogP contribution in [0.25, 0.3) is 0 Å². The van der Waals surface area contributed by atoms with Crippen LogP contribution in [-0.4, -0.2) is 36.1 Å². The van der Waals surface area contributed by atoms with Crippen LogP contribution >= 0.6 is 0 Å². The lowest BCUT2D eigenvalue weighted by atomic mass is 9.91. The van der Waals surface area contributed by atoms with E-state index in [2.05, 4.69) is 15.4 Å². The van der Waals surface area contributed by atoms with Crippen LogP contribution in [0, 0.1) is 5.82 Å². The number of nitrogens with zero attached hydrogens (tertiary/aromatic N) is 2. The molecule has 3 rings (SSSR count). The summed E-state index contributed by atoms with van der Waals surface area (Å²) >= 11 is 0. The van der Waals surface area contributed by atoms with Crippen molar-refractivity contribution in [1.29, 1.82) is 0 Å². The van der Waals surface area contributed by atoms with Gasteiger partial charge in [0.1, 0.15) is 17.3 Å². The molecule has 1 aromatic heterocycles. The molecule has 1 unspecified atom stereocenters. The molecule has 1 N–H and O–H groups in total. The summed E-state index contributed by atoms with van der Waals surface area (Å²) in [6.45, 7) is 0.731. The first kappa shape index (κ1) is 16.6. The molecule has 1 aliphatic rings. The van der Waals surface area contributed by atoms with Gasteiger partial charge in [-0.05, 0) is 44.6 Å². The van der Waals surface area contributed by atoms with Crippen LogP contribution in [0.2, 0.25) is 0 Å². The Morgan fingerprint density at radius 3 is 2.83 bits per heavy atom. The minimum Gasteiger partial charge on any atom is -0.361 e. The van der Waals surface area contributed by atoms with Gasteiger partial charge in [0.25, 0.3) is 0 Å². The first-order valence-electron chi connectivity index (χ1n) is 8.16. The second-order valence-corrected chi connectivity index (χ2v) is 6.58. The third-order valence-electron chi connectivity index (χ3n) is 4.23. The maximum Gasteiger partial charge on any atom is 0.224 e. The summed E-state index contributed by atoms with van der Waals surface area (Å²) in [4.78, 5) is 14.3. The Labute approximate surface area is 140 Å². The SMILES string of the molecule is CN(C)Cc1noc2c1CC(NC(=O)Cc1ccc(F)cc1)CC2. The van der Waals surface area contributed by atoms with Crippen molar-refractivity contribution in [3.8, 4) is 0 Å². The summed E-state index contributed by atoms with van der Waals surface area (Å²) in [5, 5.41) is 7.24. The van der Waals surface area contributed by atoms with Crippen molar-refractivity contribution in [1.82, 2.24) is 15.4 Å². The molecule has 6 heteroatoms. The van der Waals surface area contributed by atoms with E-state index in [4.69, 9.17) is 4.52 Å². The second-order valence-electron chi connectivity index (χ2n) is 6.58. The molecule has 24 heavy (non-hydrogen) atoms. The van der Waals surface area contributed by atoms with E-state index in [1.54, 1.807) is 12.1 Å². The molecular formula is C18H22FN3O2. The van der Waals surface area contributed by atoms with Crippen molar-refractivity contribution in [2.45, 2.75) is 38.3 Å². The van der Waals surface area contributed by atoms with Crippen molar-refractivity contribution in [2.24, 2.45) is 0 Å². The molecule has 0 bridgehead atoms. The van der Waals surface area contributed by atoms with E-state index in [0.717, 1.165) is 48.4 Å². The largest absolute Gasteiger partial charge is 0.361 e. The van der Waals surface area contributed by atoms with Gasteiger partial charge in [-0.25, -0.2) is 4.39 Å². The standard InChI is InChI=1S/C18H22FN3O2/c1-22(2)11-16-15-10-14(7-8-17(15)24-21-16)20-18(23)9-12-3-5-13(19)6-4-12/h3-6,14H,7-11H2,1-2H3,(H,20,23). The predicted octanol–water partition coefficient (Wildman–Crippen LogP) is 2.09. The van der Waals surface area contributed by atoms with Crippen LogP contribution in [0.5, 0.6) is 0 Å². The van der Waals surface area contributed by atoms with Crippen molar-refractivity contribution < 1.29 is 13.7 Å². The summed E-state index contributed by atoms with van der Waals surface area (Å²) in [6.07, 6.45) is 2.64. The molecule has 1 aliphatic carbocycles. The van der Waals surface area contributed by atoms with E-state index in [1.807, 2.05) is 14.1 Å². The van der Waals surface area contributed by atoms with Gasteiger partial charge in [-0.2, -0.15) is 0 Å². The molecule has 1 aromatic carbocycles. The van der Waals surface area contributed by atoms with Crippen molar-refractivity contribution in [3.63, 3.8) is 0 Å². The minimum absolute atomic E-state index is 0.0410. The Morgan fingerprint density at radius 2 is 2.12 bits per heavy atom. The molecule has 1 atom stereocenters. The van der Waals surface area contributed by atoms with E-state index in [9.17, 15) is 9.18 Å². The fourth-order valence-electron chi connectivity index (χ4n) is 3.08. The predicted molar refractivity (Wildman–Crippen MR) is 88.0 cm³/mol. The van der Waals surface area contributed by atoms with E-state index in [0.29, 0.717) is 0 Å². The summed E-state index contributed by atoms with van der Waals surface area (Å²) in [6, 6.07) is 6.12. The molecule has 0 radical (unpaired) electrons. The van der Waals surface area contributed by atoms with Gasteiger partial charge in [0, 0.05) is 24.6 Å². The zero-order valence-corrected chi connectivity index (χ0v) is 14.0. The molecular weight excluding hydrogens is 309 g/mol. The third-order valence-corrected chi connectivity index (χ3v) is 4.23. The van der Waals surface area contributed by atoms with Crippen LogP contribution in [0.3, 0.4) is 0 Å². The zero-order chi connectivity index (χ0) is 17.1. The van der Waals surface area contributed by atoms with Crippen molar-refractivity contribution in [3.05, 3.63) is 52.7 Å². The highest BCUT2D eigenvalue weighted by Crippen LogP contribution is 2.25. The molecule has 0 saturated heterocycles. The molecule has 1 amide bonds. The van der Waals surface area contributed by atoms with E-state index in [-0.39, 0.29) is 24.2 Å². The average Bonchev–Trinajstić information content (AvgIpc) is 2.91. The summed E-state index contributed by atoms with van der Waals surface area (Å²) in [5.74, 6) is 0.608. The van der Waals surface area contributed by atoms with Gasteiger partial charge in [0.2, 0.25) is 5.91 Å². The quantitative estimate of drug-likeness (QED) is 0.911. The first-order chi connectivity index (χ1) is 11.5. The van der Waals surface area contributed by atoms with Crippen LogP contribution in [0.15, 0.2) is 28.8 Å². The van der Waals surface area contributed by atoms with Crippen molar-refractivity contribution >= 4 is 5.91 Å². The molecule has 2 aromatic rings. The van der Waals surface area contributed by atoms with Crippen LogP contribution in [0.4, 0.5) is 4.39 Å². The number of hydrogen-bond donors (Lipinski definition) is 1. The van der Waals surface area contributed by atoms with Gasteiger partial charge in [0.05, 0.1) is 6.42 Å². The Kier molecular flexibility index (Phi) is 4.94. The Hall–Kier alpha value is -2.21. The molecule has 128 valence electrons. The topological polar surface area (TPSA) is 58.4 Å². The number of carbonyl (C=O) groups is 1. The van der Waals surface area contributed by atoms with Gasteiger partial charge in [-0.1, -0.05) is 17.3 Å². The number of amides is 1. The maximum atomic E-state index is 12.9. The fraction of sp³-hybridized carbons (Fsp3) is 0.444. The number of fused-ring (bicyclic) bond motifs is 1. The van der Waals surface area contributed by atoms with E-state index in [1.165, 1.54) is 12.1 Å². The fourth-order valence-corrected chi connectivity index (χ4v) is 3.08. The summed E-state index contributed by atoms with van der Waals surface area (Å²) in [5.41, 5.74) is 2.89. The Balaban J connectivity index is 1.60. The molecule has 5 nitrogen and oxygen atoms in total. The lowest BCUT2D eigenvalue weighted by Gasteiger charge is -2.23. The lowest BCUT2D eigenvalue weighted by Crippen LogP contribution is -2.39. The highest BCUT2D eigenvalue weighted by atomic mass is 19.1. The number of carbonyl (C=O) groups excluding carboxylic acids is 1. The zero-order valence-electron chi connectivity index (χ0n) is 14.0. The smallest absolute Gasteiger partial charge is 0.224 e. The van der Waals surface area contributed by atoms with E-state index < -0.39 is 0 Å². The van der Waals surface area contributed by atoms with Gasteiger partial charge in [0.15, 0.2) is 0 Å². The van der Waals surface area contributed by atoms with Gasteiger partial charge < -0.3 is 14.7 Å². The maximum absolute atomic E-state index is 12.9. The average molecular weight is 331 g/mol. The lowest BCUT2D eigenvalue weighted by molar-refractivity contribution is -0.121. The Bertz CT molecular complexity index is 710. The number of rotatable bonds is 5. The molecule has 0 spiro atoms. The normalized spacial score (nSPS) is 16.9. The monoisotopic (exact) mass is 331 g/mol. The van der Waals surface area contributed by atoms with Gasteiger partial charge in [-0.15, -0.1) is 0 Å². The van der Waals surface area contributed by atoms with E-state index >= 15 is 0 Å². The number of aryl methyl sites for hydroxylation is 1. The number of benzene rings is 1. The number of nitrogens with one attached hydrogen (secondary N) is 1. The summed E-state index contributed by atoms with van der Waals surface area (Å²) in [7, 11) is 3.98. The molecule has 0 fully saturated rings. The van der Waals surface area contributed by atoms with Gasteiger partial charge in [-0.3, -0.25) is 4.79 Å².